The average molecular weight is 274 g/mol. The first-order chi connectivity index (χ1) is 8.84. The van der Waals surface area contributed by atoms with Gasteiger partial charge in [0.25, 0.3) is 0 Å². The Labute approximate surface area is 113 Å². The second kappa shape index (κ2) is 3.80. The SMILES string of the molecule is Cc1nnc2n1N1C(=CSC1c1ccccc1)S2. The zero-order valence-electron chi connectivity index (χ0n) is 9.65. The van der Waals surface area contributed by atoms with Crippen LogP contribution in [0.4, 0.5) is 0 Å². The lowest BCUT2D eigenvalue weighted by Gasteiger charge is -2.25. The highest BCUT2D eigenvalue weighted by atomic mass is 32.2. The molecule has 1 aromatic carbocycles. The molecule has 0 bridgehead atoms. The Morgan fingerprint density at radius 1 is 1.17 bits per heavy atom. The minimum Gasteiger partial charge on any atom is -0.252 e. The van der Waals surface area contributed by atoms with E-state index in [9.17, 15) is 0 Å². The minimum absolute atomic E-state index is 0.282. The van der Waals surface area contributed by atoms with E-state index in [0.29, 0.717) is 0 Å². The van der Waals surface area contributed by atoms with Crippen LogP contribution < -0.4 is 5.01 Å². The molecule has 0 aliphatic carbocycles. The van der Waals surface area contributed by atoms with Crippen LogP contribution in [0.1, 0.15) is 16.8 Å². The number of thioether (sulfide) groups is 2. The third-order valence-corrected chi connectivity index (χ3v) is 5.20. The summed E-state index contributed by atoms with van der Waals surface area (Å²) in [7, 11) is 0. The summed E-state index contributed by atoms with van der Waals surface area (Å²) in [5, 5.41) is 15.3. The number of benzene rings is 1. The third kappa shape index (κ3) is 1.36. The van der Waals surface area contributed by atoms with Gasteiger partial charge in [0.05, 0.1) is 0 Å². The van der Waals surface area contributed by atoms with Crippen LogP contribution in [-0.2, 0) is 0 Å². The third-order valence-electron chi connectivity index (χ3n) is 3.01. The summed E-state index contributed by atoms with van der Waals surface area (Å²) in [5.74, 6) is 0.935. The van der Waals surface area contributed by atoms with Crippen molar-refractivity contribution in [3.63, 3.8) is 0 Å². The van der Waals surface area contributed by atoms with Crippen LogP contribution in [0.2, 0.25) is 0 Å². The van der Waals surface area contributed by atoms with Crippen LogP contribution in [0.25, 0.3) is 0 Å². The van der Waals surface area contributed by atoms with Crippen molar-refractivity contribution in [2.24, 2.45) is 0 Å². The van der Waals surface area contributed by atoms with Gasteiger partial charge in [-0.05, 0) is 24.2 Å². The molecule has 4 rings (SSSR count). The van der Waals surface area contributed by atoms with Crippen molar-refractivity contribution < 1.29 is 0 Å². The predicted molar refractivity (Wildman–Crippen MR) is 73.7 cm³/mol. The lowest BCUT2D eigenvalue weighted by molar-refractivity contribution is 0.618. The first kappa shape index (κ1) is 10.5. The molecular formula is C12H10N4S2. The maximum atomic E-state index is 4.19. The molecule has 1 unspecified atom stereocenters. The Morgan fingerprint density at radius 2 is 2.00 bits per heavy atom. The van der Waals surface area contributed by atoms with Gasteiger partial charge in [0.15, 0.2) is 5.82 Å². The Bertz CT molecular complexity index is 635. The summed E-state index contributed by atoms with van der Waals surface area (Å²) in [6.45, 7) is 1.99. The molecule has 0 amide bonds. The normalized spacial score (nSPS) is 20.8. The standard InChI is InChI=1S/C12H10N4S2/c1-8-13-14-12-15(8)16-10(18-12)7-17-11(16)9-5-3-2-4-6-9/h2-7,11H,1H3. The fourth-order valence-electron chi connectivity index (χ4n) is 2.21. The van der Waals surface area contributed by atoms with Gasteiger partial charge in [0.2, 0.25) is 5.16 Å². The Balaban J connectivity index is 1.81. The highest BCUT2D eigenvalue weighted by Crippen LogP contribution is 2.50. The van der Waals surface area contributed by atoms with Gasteiger partial charge < -0.3 is 0 Å². The van der Waals surface area contributed by atoms with Gasteiger partial charge in [-0.25, -0.2) is 4.68 Å². The number of hydrogen-bond donors (Lipinski definition) is 0. The second-order valence-corrected chi connectivity index (χ2v) is 6.09. The van der Waals surface area contributed by atoms with Crippen LogP contribution in [0.3, 0.4) is 0 Å². The van der Waals surface area contributed by atoms with Crippen molar-refractivity contribution in [1.29, 1.82) is 0 Å². The first-order valence-electron chi connectivity index (χ1n) is 5.64. The molecule has 1 atom stereocenters. The van der Waals surface area contributed by atoms with Gasteiger partial charge in [-0.3, -0.25) is 5.01 Å². The molecular weight excluding hydrogens is 264 g/mol. The monoisotopic (exact) mass is 274 g/mol. The maximum Gasteiger partial charge on any atom is 0.216 e. The number of rotatable bonds is 1. The molecule has 2 aromatic rings. The average Bonchev–Trinajstić information content (AvgIpc) is 3.03. The van der Waals surface area contributed by atoms with E-state index >= 15 is 0 Å². The van der Waals surface area contributed by atoms with Gasteiger partial charge in [-0.2, -0.15) is 0 Å². The van der Waals surface area contributed by atoms with E-state index in [1.807, 2.05) is 24.8 Å². The quantitative estimate of drug-likeness (QED) is 0.798. The Morgan fingerprint density at radius 3 is 2.83 bits per heavy atom. The van der Waals surface area contributed by atoms with E-state index in [0.717, 1.165) is 11.0 Å². The van der Waals surface area contributed by atoms with Crippen LogP contribution >= 0.6 is 23.5 Å². The summed E-state index contributed by atoms with van der Waals surface area (Å²) < 4.78 is 2.11. The molecule has 0 saturated carbocycles. The van der Waals surface area contributed by atoms with Gasteiger partial charge >= 0.3 is 0 Å². The van der Waals surface area contributed by atoms with E-state index in [2.05, 4.69) is 49.6 Å². The lowest BCUT2D eigenvalue weighted by Crippen LogP contribution is -2.29. The molecule has 18 heavy (non-hydrogen) atoms. The molecule has 90 valence electrons. The molecule has 0 radical (unpaired) electrons. The minimum atomic E-state index is 0.282. The summed E-state index contributed by atoms with van der Waals surface area (Å²) in [6.07, 6.45) is 0. The maximum absolute atomic E-state index is 4.19. The van der Waals surface area contributed by atoms with E-state index in [-0.39, 0.29) is 5.37 Å². The van der Waals surface area contributed by atoms with Crippen molar-refractivity contribution in [2.75, 3.05) is 5.01 Å². The summed E-state index contributed by atoms with van der Waals surface area (Å²) in [6, 6.07) is 10.5. The topological polar surface area (TPSA) is 34.0 Å². The van der Waals surface area contributed by atoms with Crippen molar-refractivity contribution in [3.05, 3.63) is 52.2 Å². The van der Waals surface area contributed by atoms with Crippen LogP contribution in [0.15, 0.2) is 45.9 Å². The van der Waals surface area contributed by atoms with Gasteiger partial charge in [-0.1, -0.05) is 42.1 Å². The number of aryl methyl sites for hydroxylation is 1. The Hall–Kier alpha value is -1.40. The molecule has 2 aliphatic heterocycles. The van der Waals surface area contributed by atoms with Crippen LogP contribution in [-0.4, -0.2) is 14.9 Å². The van der Waals surface area contributed by atoms with Crippen molar-refractivity contribution in [1.82, 2.24) is 14.9 Å². The number of hydrogen-bond acceptors (Lipinski definition) is 5. The number of nitrogens with zero attached hydrogens (tertiary/aromatic N) is 4. The molecule has 0 saturated heterocycles. The predicted octanol–water partition coefficient (Wildman–Crippen LogP) is 2.87. The summed E-state index contributed by atoms with van der Waals surface area (Å²) >= 11 is 3.51. The lowest BCUT2D eigenvalue weighted by atomic mass is 10.2. The van der Waals surface area contributed by atoms with E-state index < -0.39 is 0 Å². The Kier molecular flexibility index (Phi) is 2.22. The van der Waals surface area contributed by atoms with E-state index in [4.69, 9.17) is 0 Å². The largest absolute Gasteiger partial charge is 0.252 e. The second-order valence-electron chi connectivity index (χ2n) is 4.14. The fraction of sp³-hybridized carbons (Fsp3) is 0.167. The smallest absolute Gasteiger partial charge is 0.216 e. The van der Waals surface area contributed by atoms with Crippen LogP contribution in [0, 0.1) is 6.92 Å². The highest BCUT2D eigenvalue weighted by Gasteiger charge is 2.38. The molecule has 2 aliphatic rings. The van der Waals surface area contributed by atoms with Crippen molar-refractivity contribution >= 4 is 23.5 Å². The van der Waals surface area contributed by atoms with E-state index in [1.54, 1.807) is 11.8 Å². The van der Waals surface area contributed by atoms with Crippen molar-refractivity contribution in [3.8, 4) is 0 Å². The molecule has 0 spiro atoms. The molecule has 4 nitrogen and oxygen atoms in total. The summed E-state index contributed by atoms with van der Waals surface area (Å²) in [5.41, 5.74) is 1.30. The molecule has 6 heteroatoms. The molecule has 1 aromatic heterocycles. The molecule has 0 fully saturated rings. The molecule has 0 N–H and O–H groups in total. The van der Waals surface area contributed by atoms with E-state index in [1.165, 1.54) is 10.6 Å². The van der Waals surface area contributed by atoms with Gasteiger partial charge in [-0.15, -0.1) is 10.2 Å². The fourth-order valence-corrected chi connectivity index (χ4v) is 4.48. The number of fused-ring (bicyclic) bond motifs is 3. The van der Waals surface area contributed by atoms with Gasteiger partial charge in [0.1, 0.15) is 10.4 Å². The van der Waals surface area contributed by atoms with Crippen molar-refractivity contribution in [2.45, 2.75) is 17.5 Å². The zero-order valence-corrected chi connectivity index (χ0v) is 11.3. The number of aromatic nitrogens is 3. The zero-order chi connectivity index (χ0) is 12.1. The molecule has 3 heterocycles. The summed E-state index contributed by atoms with van der Waals surface area (Å²) in [4.78, 5) is 0. The highest BCUT2D eigenvalue weighted by molar-refractivity contribution is 8.07. The first-order valence-corrected chi connectivity index (χ1v) is 7.40. The van der Waals surface area contributed by atoms with Crippen LogP contribution in [0.5, 0.6) is 0 Å². The van der Waals surface area contributed by atoms with Gasteiger partial charge in [0, 0.05) is 5.41 Å².